The van der Waals surface area contributed by atoms with Gasteiger partial charge in [-0.1, -0.05) is 24.8 Å². The minimum Gasteiger partial charge on any atom is -0.494 e. The summed E-state index contributed by atoms with van der Waals surface area (Å²) in [6.45, 7) is 4.01. The maximum Gasteiger partial charge on any atom is 0.343 e. The van der Waals surface area contributed by atoms with Crippen LogP contribution in [0.15, 0.2) is 85.5 Å². The van der Waals surface area contributed by atoms with E-state index in [0.717, 1.165) is 6.08 Å². The van der Waals surface area contributed by atoms with Gasteiger partial charge in [-0.15, -0.1) is 0 Å². The number of unbranched alkanes of at least 4 members (excludes halogenated alkanes) is 1. The van der Waals surface area contributed by atoms with Gasteiger partial charge in [0.15, 0.2) is 0 Å². The van der Waals surface area contributed by atoms with Gasteiger partial charge in [-0.25, -0.2) is 19.2 Å². The average Bonchev–Trinajstić information content (AvgIpc) is 2.95. The van der Waals surface area contributed by atoms with Gasteiger partial charge >= 0.3 is 23.9 Å². The highest BCUT2D eigenvalue weighted by atomic mass is 16.6. The lowest BCUT2D eigenvalue weighted by molar-refractivity contribution is -0.137. The molecule has 0 spiro atoms. The molecule has 0 saturated carbocycles. The lowest BCUT2D eigenvalue weighted by Crippen LogP contribution is -2.13. The molecule has 9 heteroatoms. The van der Waals surface area contributed by atoms with Crippen molar-refractivity contribution >= 4 is 23.9 Å². The van der Waals surface area contributed by atoms with Crippen molar-refractivity contribution in [1.82, 2.24) is 0 Å². The highest BCUT2D eigenvalue weighted by molar-refractivity contribution is 5.97. The summed E-state index contributed by atoms with van der Waals surface area (Å²) in [5.41, 5.74) is 0.478. The van der Waals surface area contributed by atoms with Gasteiger partial charge in [0.1, 0.15) is 22.8 Å². The van der Waals surface area contributed by atoms with Crippen LogP contribution in [0.4, 0.5) is 0 Å². The third-order valence-electron chi connectivity index (χ3n) is 5.09. The van der Waals surface area contributed by atoms with Crippen LogP contribution in [0.2, 0.25) is 0 Å². The van der Waals surface area contributed by atoms with Crippen molar-refractivity contribution in [3.63, 3.8) is 0 Å². The zero-order chi connectivity index (χ0) is 27.3. The zero-order valence-corrected chi connectivity index (χ0v) is 20.7. The predicted molar refractivity (Wildman–Crippen MR) is 136 cm³/mol. The largest absolute Gasteiger partial charge is 0.494 e. The number of esters is 4. The van der Waals surface area contributed by atoms with E-state index < -0.39 is 23.9 Å². The number of rotatable bonds is 12. The van der Waals surface area contributed by atoms with Crippen molar-refractivity contribution < 1.29 is 42.9 Å². The molecule has 0 heterocycles. The van der Waals surface area contributed by atoms with Crippen molar-refractivity contribution in [3.05, 3.63) is 102 Å². The topological polar surface area (TPSA) is 114 Å². The van der Waals surface area contributed by atoms with E-state index in [4.69, 9.17) is 23.7 Å². The van der Waals surface area contributed by atoms with Gasteiger partial charge in [0.25, 0.3) is 0 Å². The van der Waals surface area contributed by atoms with Gasteiger partial charge in [0.2, 0.25) is 0 Å². The Labute approximate surface area is 219 Å². The Morgan fingerprint density at radius 3 is 2.05 bits per heavy atom. The molecule has 0 fully saturated rings. The molecule has 3 aromatic carbocycles. The second-order valence-corrected chi connectivity index (χ2v) is 7.75. The van der Waals surface area contributed by atoms with Crippen molar-refractivity contribution in [2.45, 2.75) is 12.8 Å². The van der Waals surface area contributed by atoms with Crippen LogP contribution in [-0.4, -0.2) is 44.2 Å². The highest BCUT2D eigenvalue weighted by Gasteiger charge is 2.20. The average molecular weight is 519 g/mol. The van der Waals surface area contributed by atoms with E-state index in [-0.39, 0.29) is 29.2 Å². The first-order chi connectivity index (χ1) is 18.4. The second kappa shape index (κ2) is 14.0. The quantitative estimate of drug-likeness (QED) is 0.144. The third kappa shape index (κ3) is 8.06. The van der Waals surface area contributed by atoms with Crippen LogP contribution < -0.4 is 14.2 Å². The minimum absolute atomic E-state index is 0.0566. The molecule has 0 bridgehead atoms. The number of hydrogen-bond acceptors (Lipinski definition) is 9. The Balaban J connectivity index is 1.59. The van der Waals surface area contributed by atoms with E-state index in [1.807, 2.05) is 0 Å². The number of hydrogen-bond donors (Lipinski definition) is 0. The summed E-state index contributed by atoms with van der Waals surface area (Å²) in [7, 11) is 1.18. The van der Waals surface area contributed by atoms with Crippen LogP contribution >= 0.6 is 0 Å². The fourth-order valence-electron chi connectivity index (χ4n) is 3.14. The lowest BCUT2D eigenvalue weighted by atomic mass is 10.1. The van der Waals surface area contributed by atoms with E-state index >= 15 is 0 Å². The molecule has 0 amide bonds. The van der Waals surface area contributed by atoms with Crippen molar-refractivity contribution in [3.8, 4) is 17.2 Å². The molecule has 9 nitrogen and oxygen atoms in total. The van der Waals surface area contributed by atoms with Crippen LogP contribution in [0.25, 0.3) is 0 Å². The van der Waals surface area contributed by atoms with Crippen molar-refractivity contribution in [2.24, 2.45) is 0 Å². The van der Waals surface area contributed by atoms with E-state index in [9.17, 15) is 19.2 Å². The summed E-state index contributed by atoms with van der Waals surface area (Å²) < 4.78 is 26.1. The van der Waals surface area contributed by atoms with E-state index in [2.05, 4.69) is 6.58 Å². The van der Waals surface area contributed by atoms with E-state index in [0.29, 0.717) is 30.8 Å². The normalized spacial score (nSPS) is 10.1. The van der Waals surface area contributed by atoms with Crippen molar-refractivity contribution in [2.75, 3.05) is 20.3 Å². The first-order valence-corrected chi connectivity index (χ1v) is 11.6. The number of carbonyl (C=O) groups excluding carboxylic acids is 4. The fourth-order valence-corrected chi connectivity index (χ4v) is 3.14. The number of carbonyl (C=O) groups is 4. The van der Waals surface area contributed by atoms with Gasteiger partial charge in [-0.2, -0.15) is 0 Å². The Morgan fingerprint density at radius 2 is 1.37 bits per heavy atom. The van der Waals surface area contributed by atoms with E-state index in [1.54, 1.807) is 42.5 Å². The summed E-state index contributed by atoms with van der Waals surface area (Å²) in [4.78, 5) is 48.3. The maximum atomic E-state index is 12.7. The Bertz CT molecular complexity index is 1280. The Hall–Kier alpha value is -4.92. The third-order valence-corrected chi connectivity index (χ3v) is 5.09. The summed E-state index contributed by atoms with van der Waals surface area (Å²) in [6, 6.07) is 18.7. The standard InChI is InChI=1S/C29H26O9/c1-3-26(30)36-18-8-7-17-35-22-13-11-21(12-14-22)28(32)38-25-16-15-23(19-24(25)29(33)34-2)37-27(31)20-9-5-4-6-10-20/h3-6,9-16,19H,1,7-8,17-18H2,2H3. The van der Waals surface area contributed by atoms with Crippen LogP contribution in [-0.2, 0) is 14.3 Å². The molecule has 0 aliphatic rings. The molecule has 0 atom stereocenters. The lowest BCUT2D eigenvalue weighted by Gasteiger charge is -2.12. The van der Waals surface area contributed by atoms with Crippen LogP contribution in [0.5, 0.6) is 17.2 Å². The molecule has 196 valence electrons. The number of methoxy groups -OCH3 is 1. The monoisotopic (exact) mass is 518 g/mol. The molecule has 3 aromatic rings. The summed E-state index contributed by atoms with van der Waals surface area (Å²) in [5.74, 6) is -1.98. The molecule has 0 unspecified atom stereocenters. The molecule has 0 N–H and O–H groups in total. The minimum atomic E-state index is -0.770. The Morgan fingerprint density at radius 1 is 0.737 bits per heavy atom. The highest BCUT2D eigenvalue weighted by Crippen LogP contribution is 2.27. The molecular weight excluding hydrogens is 492 g/mol. The smallest absolute Gasteiger partial charge is 0.343 e. The molecule has 0 aromatic heterocycles. The van der Waals surface area contributed by atoms with Crippen LogP contribution in [0, 0.1) is 0 Å². The number of ether oxygens (including phenoxy) is 5. The number of benzene rings is 3. The first-order valence-electron chi connectivity index (χ1n) is 11.6. The molecule has 0 radical (unpaired) electrons. The fraction of sp³-hybridized carbons (Fsp3) is 0.172. The summed E-state index contributed by atoms with van der Waals surface area (Å²) in [5, 5.41) is 0. The predicted octanol–water partition coefficient (Wildman–Crippen LogP) is 4.80. The van der Waals surface area contributed by atoms with Gasteiger partial charge in [0.05, 0.1) is 31.5 Å². The van der Waals surface area contributed by atoms with Gasteiger partial charge < -0.3 is 23.7 Å². The van der Waals surface area contributed by atoms with Crippen LogP contribution in [0.1, 0.15) is 43.9 Å². The summed E-state index contributed by atoms with van der Waals surface area (Å²) in [6.07, 6.45) is 2.41. The van der Waals surface area contributed by atoms with Gasteiger partial charge in [-0.05, 0) is 67.4 Å². The van der Waals surface area contributed by atoms with Gasteiger partial charge in [-0.3, -0.25) is 0 Å². The van der Waals surface area contributed by atoms with Crippen LogP contribution in [0.3, 0.4) is 0 Å². The molecule has 0 aliphatic heterocycles. The van der Waals surface area contributed by atoms with Gasteiger partial charge in [0, 0.05) is 6.08 Å². The second-order valence-electron chi connectivity index (χ2n) is 7.75. The first kappa shape index (κ1) is 27.7. The molecular formula is C29H26O9. The molecule has 3 rings (SSSR count). The molecule has 0 aliphatic carbocycles. The molecule has 0 saturated heterocycles. The van der Waals surface area contributed by atoms with Crippen molar-refractivity contribution in [1.29, 1.82) is 0 Å². The summed E-state index contributed by atoms with van der Waals surface area (Å²) >= 11 is 0. The Kier molecular flexibility index (Phi) is 10.2. The molecule has 38 heavy (non-hydrogen) atoms. The SMILES string of the molecule is C=CC(=O)OCCCCOc1ccc(C(=O)Oc2ccc(OC(=O)c3ccccc3)cc2C(=O)OC)cc1. The maximum absolute atomic E-state index is 12.7. The van der Waals surface area contributed by atoms with E-state index in [1.165, 1.54) is 37.4 Å². The zero-order valence-electron chi connectivity index (χ0n) is 20.7.